The fourth-order valence-electron chi connectivity index (χ4n) is 2.56. The lowest BCUT2D eigenvalue weighted by molar-refractivity contribution is 0.0944. The van der Waals surface area contributed by atoms with Crippen LogP contribution in [0.3, 0.4) is 0 Å². The molecular weight excluding hydrogens is 342 g/mol. The van der Waals surface area contributed by atoms with Crippen LogP contribution < -0.4 is 10.1 Å². The van der Waals surface area contributed by atoms with Gasteiger partial charge in [0.05, 0.1) is 12.1 Å². The number of thioether (sulfide) groups is 1. The van der Waals surface area contributed by atoms with Gasteiger partial charge in [0, 0.05) is 10.6 Å². The Balaban J connectivity index is 1.91. The highest BCUT2D eigenvalue weighted by molar-refractivity contribution is 7.99. The number of para-hydroxylation sites is 1. The first-order valence-electron chi connectivity index (χ1n) is 8.76. The summed E-state index contributed by atoms with van der Waals surface area (Å²) in [5.74, 6) is 1.57. The van der Waals surface area contributed by atoms with E-state index in [1.165, 1.54) is 0 Å². The number of hydrogen-bond donors (Lipinski definition) is 1. The van der Waals surface area contributed by atoms with Crippen molar-refractivity contribution < 1.29 is 9.53 Å². The summed E-state index contributed by atoms with van der Waals surface area (Å²) in [5.41, 5.74) is 1.87. The summed E-state index contributed by atoms with van der Waals surface area (Å²) in [7, 11) is 0. The Kier molecular flexibility index (Phi) is 7.34. The quantitative estimate of drug-likeness (QED) is 0.401. The van der Waals surface area contributed by atoms with Crippen molar-refractivity contribution >= 4 is 17.7 Å². The second kappa shape index (κ2) is 9.48. The van der Waals surface area contributed by atoms with E-state index in [1.807, 2.05) is 48.5 Å². The SMILES string of the molecule is C=CCSc1ccccc1C(=O)NCCOc1ccccc1C(C)(C)C. The van der Waals surface area contributed by atoms with Gasteiger partial charge < -0.3 is 10.1 Å². The van der Waals surface area contributed by atoms with Crippen molar-refractivity contribution in [1.82, 2.24) is 5.32 Å². The Hall–Kier alpha value is -2.20. The van der Waals surface area contributed by atoms with Crippen LogP contribution in [0.2, 0.25) is 0 Å². The van der Waals surface area contributed by atoms with Crippen LogP contribution in [-0.4, -0.2) is 24.8 Å². The molecule has 0 spiro atoms. The predicted octanol–water partition coefficient (Wildman–Crippen LogP) is 5.07. The van der Waals surface area contributed by atoms with E-state index in [-0.39, 0.29) is 11.3 Å². The molecule has 3 nitrogen and oxygen atoms in total. The summed E-state index contributed by atoms with van der Waals surface area (Å²) in [6.45, 7) is 11.1. The fourth-order valence-corrected chi connectivity index (χ4v) is 3.35. The summed E-state index contributed by atoms with van der Waals surface area (Å²) >= 11 is 1.61. The van der Waals surface area contributed by atoms with Gasteiger partial charge in [-0.1, -0.05) is 57.2 Å². The molecule has 138 valence electrons. The second-order valence-electron chi connectivity index (χ2n) is 6.95. The third-order valence-electron chi connectivity index (χ3n) is 3.83. The third-order valence-corrected chi connectivity index (χ3v) is 4.90. The Morgan fingerprint density at radius 2 is 1.85 bits per heavy atom. The average molecular weight is 370 g/mol. The molecule has 2 rings (SSSR count). The molecule has 0 saturated carbocycles. The standard InChI is InChI=1S/C22H27NO2S/c1-5-16-26-20-13-9-6-10-17(20)21(24)23-14-15-25-19-12-8-7-11-18(19)22(2,3)4/h5-13H,1,14-16H2,2-4H3,(H,23,24). The topological polar surface area (TPSA) is 38.3 Å². The summed E-state index contributed by atoms with van der Waals surface area (Å²) in [4.78, 5) is 13.4. The number of rotatable bonds is 8. The van der Waals surface area contributed by atoms with Gasteiger partial charge in [-0.15, -0.1) is 18.3 Å². The molecule has 0 unspecified atom stereocenters. The van der Waals surface area contributed by atoms with Crippen molar-refractivity contribution in [3.63, 3.8) is 0 Å². The van der Waals surface area contributed by atoms with Crippen LogP contribution >= 0.6 is 11.8 Å². The lowest BCUT2D eigenvalue weighted by Crippen LogP contribution is -2.28. The predicted molar refractivity (Wildman–Crippen MR) is 110 cm³/mol. The number of ether oxygens (including phenoxy) is 1. The summed E-state index contributed by atoms with van der Waals surface area (Å²) in [5, 5.41) is 2.94. The summed E-state index contributed by atoms with van der Waals surface area (Å²) < 4.78 is 5.91. The lowest BCUT2D eigenvalue weighted by Gasteiger charge is -2.22. The summed E-state index contributed by atoms with van der Waals surface area (Å²) in [6, 6.07) is 15.7. The van der Waals surface area contributed by atoms with Gasteiger partial charge in [0.1, 0.15) is 12.4 Å². The molecule has 1 amide bonds. The maximum atomic E-state index is 12.5. The number of nitrogens with one attached hydrogen (secondary N) is 1. The number of benzene rings is 2. The Bertz CT molecular complexity index is 750. The molecule has 0 fully saturated rings. The minimum absolute atomic E-state index is 0.0150. The van der Waals surface area contributed by atoms with Crippen molar-refractivity contribution in [2.75, 3.05) is 18.9 Å². The van der Waals surface area contributed by atoms with E-state index in [4.69, 9.17) is 4.74 Å². The van der Waals surface area contributed by atoms with E-state index >= 15 is 0 Å². The Morgan fingerprint density at radius 3 is 2.58 bits per heavy atom. The highest BCUT2D eigenvalue weighted by atomic mass is 32.2. The van der Waals surface area contributed by atoms with E-state index in [9.17, 15) is 4.79 Å². The molecule has 0 aliphatic heterocycles. The minimum atomic E-state index is -0.0788. The van der Waals surface area contributed by atoms with Crippen LogP contribution in [0.25, 0.3) is 0 Å². The third kappa shape index (κ3) is 5.67. The smallest absolute Gasteiger partial charge is 0.252 e. The van der Waals surface area contributed by atoms with Crippen LogP contribution in [0.4, 0.5) is 0 Å². The highest BCUT2D eigenvalue weighted by Crippen LogP contribution is 2.30. The van der Waals surface area contributed by atoms with Gasteiger partial charge in [-0.05, 0) is 29.2 Å². The van der Waals surface area contributed by atoms with Crippen LogP contribution in [0.15, 0.2) is 66.1 Å². The number of carbonyl (C=O) groups excluding carboxylic acids is 1. The van der Waals surface area contributed by atoms with Gasteiger partial charge in [-0.2, -0.15) is 0 Å². The maximum Gasteiger partial charge on any atom is 0.252 e. The van der Waals surface area contributed by atoms with Crippen LogP contribution in [0.5, 0.6) is 5.75 Å². The van der Waals surface area contributed by atoms with Gasteiger partial charge in [0.15, 0.2) is 0 Å². The highest BCUT2D eigenvalue weighted by Gasteiger charge is 2.18. The monoisotopic (exact) mass is 369 g/mol. The van der Waals surface area contributed by atoms with E-state index < -0.39 is 0 Å². The van der Waals surface area contributed by atoms with Crippen LogP contribution in [0, 0.1) is 0 Å². The van der Waals surface area contributed by atoms with Gasteiger partial charge in [-0.3, -0.25) is 4.79 Å². The van der Waals surface area contributed by atoms with Gasteiger partial charge in [-0.25, -0.2) is 0 Å². The van der Waals surface area contributed by atoms with Crippen molar-refractivity contribution in [2.24, 2.45) is 0 Å². The first kappa shape index (κ1) is 20.1. The summed E-state index contributed by atoms with van der Waals surface area (Å²) in [6.07, 6.45) is 1.83. The molecule has 0 saturated heterocycles. The zero-order valence-corrected chi connectivity index (χ0v) is 16.6. The molecule has 0 bridgehead atoms. The Morgan fingerprint density at radius 1 is 1.15 bits per heavy atom. The average Bonchev–Trinajstić information content (AvgIpc) is 2.63. The zero-order chi connectivity index (χ0) is 19.0. The largest absolute Gasteiger partial charge is 0.491 e. The minimum Gasteiger partial charge on any atom is -0.491 e. The number of carbonyl (C=O) groups is 1. The normalized spacial score (nSPS) is 11.0. The molecule has 0 heterocycles. The first-order valence-corrected chi connectivity index (χ1v) is 9.75. The Labute approximate surface area is 160 Å². The van der Waals surface area contributed by atoms with E-state index in [2.05, 4.69) is 38.7 Å². The molecule has 0 aliphatic rings. The fraction of sp³-hybridized carbons (Fsp3) is 0.318. The van der Waals surface area contributed by atoms with Crippen molar-refractivity contribution in [1.29, 1.82) is 0 Å². The lowest BCUT2D eigenvalue weighted by atomic mass is 9.86. The molecule has 4 heteroatoms. The maximum absolute atomic E-state index is 12.5. The zero-order valence-electron chi connectivity index (χ0n) is 15.7. The van der Waals surface area contributed by atoms with Crippen molar-refractivity contribution in [3.05, 3.63) is 72.3 Å². The molecule has 26 heavy (non-hydrogen) atoms. The van der Waals surface area contributed by atoms with E-state index in [1.54, 1.807) is 11.8 Å². The molecule has 0 aromatic heterocycles. The van der Waals surface area contributed by atoms with Crippen molar-refractivity contribution in [2.45, 2.75) is 31.1 Å². The van der Waals surface area contributed by atoms with E-state index in [0.29, 0.717) is 18.7 Å². The molecule has 1 N–H and O–H groups in total. The van der Waals surface area contributed by atoms with Gasteiger partial charge in [0.2, 0.25) is 0 Å². The molecule has 0 atom stereocenters. The molecule has 0 aliphatic carbocycles. The van der Waals surface area contributed by atoms with Crippen molar-refractivity contribution in [3.8, 4) is 5.75 Å². The molecule has 2 aromatic carbocycles. The molecule has 0 radical (unpaired) electrons. The van der Waals surface area contributed by atoms with Gasteiger partial charge >= 0.3 is 0 Å². The van der Waals surface area contributed by atoms with Gasteiger partial charge in [0.25, 0.3) is 5.91 Å². The van der Waals surface area contributed by atoms with Crippen LogP contribution in [0.1, 0.15) is 36.7 Å². The molecular formula is C22H27NO2S. The molecule has 2 aromatic rings. The van der Waals surface area contributed by atoms with Crippen LogP contribution in [-0.2, 0) is 5.41 Å². The number of hydrogen-bond acceptors (Lipinski definition) is 3. The number of amides is 1. The first-order chi connectivity index (χ1) is 12.4. The van der Waals surface area contributed by atoms with E-state index in [0.717, 1.165) is 22.0 Å². The second-order valence-corrected chi connectivity index (χ2v) is 8.01.